The molecular formula is C32H40O9S2. The van der Waals surface area contributed by atoms with Crippen LogP contribution in [0.4, 0.5) is 9.59 Å². The van der Waals surface area contributed by atoms with Crippen LogP contribution >= 0.6 is 10.3 Å². The molecule has 3 aromatic rings. The minimum absolute atomic E-state index is 0.135. The molecule has 0 saturated carbocycles. The van der Waals surface area contributed by atoms with Crippen molar-refractivity contribution in [3.63, 3.8) is 0 Å². The van der Waals surface area contributed by atoms with Crippen molar-refractivity contribution >= 4 is 32.7 Å². The van der Waals surface area contributed by atoms with Gasteiger partial charge in [0.1, 0.15) is 22.7 Å². The standard InChI is InChI=1S/C32H40O9S2/c1-8-9-21-42(35,36)41-43(26-17-11-10-12-18-26,27-19-13-15-24(22-27)37-29(33)39-31(2,3)4)28-20-14-16-25(23-28)38-30(34)40-32(5,6)7/h10-20,22-23H,8-9,21H2,1-7H3. The van der Waals surface area contributed by atoms with Crippen LogP contribution in [0.15, 0.2) is 93.5 Å². The number of rotatable bonds is 10. The summed E-state index contributed by atoms with van der Waals surface area (Å²) in [7, 11) is -7.15. The van der Waals surface area contributed by atoms with Crippen LogP contribution in [-0.4, -0.2) is 37.7 Å². The van der Waals surface area contributed by atoms with Gasteiger partial charge in [0.15, 0.2) is 0 Å². The summed E-state index contributed by atoms with van der Waals surface area (Å²) in [5, 5.41) is 0. The van der Waals surface area contributed by atoms with Crippen LogP contribution < -0.4 is 9.47 Å². The number of carbonyl (C=O) groups excluding carboxylic acids is 2. The first-order valence-electron chi connectivity index (χ1n) is 13.9. The van der Waals surface area contributed by atoms with Crippen LogP contribution in [0.5, 0.6) is 11.5 Å². The molecule has 0 aliphatic heterocycles. The zero-order chi connectivity index (χ0) is 31.9. The molecule has 0 saturated heterocycles. The molecule has 0 bridgehead atoms. The van der Waals surface area contributed by atoms with Crippen molar-refractivity contribution in [3.8, 4) is 11.5 Å². The molecule has 0 atom stereocenters. The molecule has 9 nitrogen and oxygen atoms in total. The molecule has 0 spiro atoms. The van der Waals surface area contributed by atoms with E-state index in [0.717, 1.165) is 0 Å². The second-order valence-corrected chi connectivity index (χ2v) is 16.2. The van der Waals surface area contributed by atoms with Gasteiger partial charge in [-0.15, -0.1) is 0 Å². The summed E-state index contributed by atoms with van der Waals surface area (Å²) in [6.07, 6.45) is -0.770. The number of ether oxygens (including phenoxy) is 4. The lowest BCUT2D eigenvalue weighted by molar-refractivity contribution is 0.0192. The first-order chi connectivity index (χ1) is 20.0. The van der Waals surface area contributed by atoms with Crippen molar-refractivity contribution in [2.75, 3.05) is 5.75 Å². The van der Waals surface area contributed by atoms with E-state index in [1.807, 2.05) is 13.0 Å². The Morgan fingerprint density at radius 1 is 0.651 bits per heavy atom. The maximum absolute atomic E-state index is 13.6. The highest BCUT2D eigenvalue weighted by atomic mass is 32.3. The topological polar surface area (TPSA) is 114 Å². The van der Waals surface area contributed by atoms with E-state index in [4.69, 9.17) is 22.6 Å². The highest BCUT2D eigenvalue weighted by Crippen LogP contribution is 2.70. The number of hydrogen-bond donors (Lipinski definition) is 0. The van der Waals surface area contributed by atoms with Gasteiger partial charge in [-0.2, -0.15) is 8.42 Å². The molecule has 0 heterocycles. The first-order valence-corrected chi connectivity index (χ1v) is 17.0. The zero-order valence-electron chi connectivity index (χ0n) is 25.6. The molecule has 3 rings (SSSR count). The van der Waals surface area contributed by atoms with E-state index < -0.39 is 43.9 Å². The van der Waals surface area contributed by atoms with Crippen molar-refractivity contribution in [2.24, 2.45) is 0 Å². The average molecular weight is 633 g/mol. The van der Waals surface area contributed by atoms with Crippen LogP contribution in [0.1, 0.15) is 61.3 Å². The summed E-state index contributed by atoms with van der Waals surface area (Å²) >= 11 is 0. The second-order valence-electron chi connectivity index (χ2n) is 11.6. The van der Waals surface area contributed by atoms with Gasteiger partial charge in [0.25, 0.3) is 10.1 Å². The Balaban J connectivity index is 2.24. The zero-order valence-corrected chi connectivity index (χ0v) is 27.3. The number of benzene rings is 3. The second kappa shape index (κ2) is 13.8. The Bertz CT molecular complexity index is 1430. The molecule has 0 fully saturated rings. The van der Waals surface area contributed by atoms with Crippen LogP contribution in [0, 0.1) is 0 Å². The summed E-state index contributed by atoms with van der Waals surface area (Å²) in [5.41, 5.74) is -1.56. The largest absolute Gasteiger partial charge is 0.514 e. The number of carbonyl (C=O) groups is 2. The Morgan fingerprint density at radius 2 is 1.09 bits per heavy atom. The van der Waals surface area contributed by atoms with Gasteiger partial charge in [-0.1, -0.05) is 43.7 Å². The van der Waals surface area contributed by atoms with Crippen LogP contribution in [0.2, 0.25) is 0 Å². The van der Waals surface area contributed by atoms with Gasteiger partial charge in [0.2, 0.25) is 0 Å². The van der Waals surface area contributed by atoms with Gasteiger partial charge in [0, 0.05) is 14.7 Å². The lowest BCUT2D eigenvalue weighted by Crippen LogP contribution is -2.26. The SMILES string of the molecule is CCCCS(=O)(=O)OS(c1ccccc1)(c1cccc(OC(=O)OC(C)(C)C)c1)c1cccc(OC(=O)OC(C)(C)C)c1. The molecule has 0 amide bonds. The van der Waals surface area contributed by atoms with Crippen molar-refractivity contribution < 1.29 is 40.6 Å². The van der Waals surface area contributed by atoms with Crippen molar-refractivity contribution in [2.45, 2.75) is 87.2 Å². The number of hydrogen-bond acceptors (Lipinski definition) is 9. The quantitative estimate of drug-likeness (QED) is 0.160. The monoisotopic (exact) mass is 632 g/mol. The Kier molecular flexibility index (Phi) is 10.9. The summed E-state index contributed by atoms with van der Waals surface area (Å²) in [6, 6.07) is 21.9. The third kappa shape index (κ3) is 10.0. The highest BCUT2D eigenvalue weighted by molar-refractivity contribution is 8.33. The summed E-state index contributed by atoms with van der Waals surface area (Å²) in [4.78, 5) is 26.4. The van der Waals surface area contributed by atoms with Crippen LogP contribution in [0.3, 0.4) is 0 Å². The van der Waals surface area contributed by atoms with E-state index in [1.165, 1.54) is 0 Å². The Morgan fingerprint density at radius 3 is 1.51 bits per heavy atom. The van der Waals surface area contributed by atoms with Gasteiger partial charge in [0.05, 0.1) is 5.75 Å². The van der Waals surface area contributed by atoms with E-state index in [-0.39, 0.29) is 17.3 Å². The minimum atomic E-state index is -4.09. The van der Waals surface area contributed by atoms with Gasteiger partial charge in [-0.05, 0) is 107 Å². The van der Waals surface area contributed by atoms with E-state index in [1.54, 1.807) is 114 Å². The molecular weight excluding hydrogens is 592 g/mol. The lowest BCUT2D eigenvalue weighted by Gasteiger charge is -2.39. The molecule has 0 radical (unpaired) electrons. The minimum Gasteiger partial charge on any atom is -0.428 e. The fourth-order valence-electron chi connectivity index (χ4n) is 3.82. The molecule has 0 unspecified atom stereocenters. The summed E-state index contributed by atoms with van der Waals surface area (Å²) < 4.78 is 54.9. The van der Waals surface area contributed by atoms with Gasteiger partial charge in [-0.25, -0.2) is 13.2 Å². The van der Waals surface area contributed by atoms with Gasteiger partial charge in [-0.3, -0.25) is 0 Å². The highest BCUT2D eigenvalue weighted by Gasteiger charge is 2.38. The Hall–Kier alpha value is -3.54. The number of unbranched alkanes of at least 4 members (excludes halogenated alkanes) is 1. The van der Waals surface area contributed by atoms with Gasteiger partial charge < -0.3 is 18.9 Å². The fraction of sp³-hybridized carbons (Fsp3) is 0.375. The third-order valence-electron chi connectivity index (χ3n) is 5.49. The summed E-state index contributed by atoms with van der Waals surface area (Å²) in [6.45, 7) is 12.2. The third-order valence-corrected chi connectivity index (χ3v) is 10.7. The predicted octanol–water partition coefficient (Wildman–Crippen LogP) is 8.66. The first kappa shape index (κ1) is 34.0. The van der Waals surface area contributed by atoms with Gasteiger partial charge >= 0.3 is 12.3 Å². The van der Waals surface area contributed by atoms with Crippen LogP contribution in [0.25, 0.3) is 0 Å². The molecule has 43 heavy (non-hydrogen) atoms. The predicted molar refractivity (Wildman–Crippen MR) is 165 cm³/mol. The molecule has 0 aliphatic rings. The maximum atomic E-state index is 13.6. The fourth-order valence-corrected chi connectivity index (χ4v) is 9.38. The molecule has 11 heteroatoms. The van der Waals surface area contributed by atoms with Crippen molar-refractivity contribution in [1.82, 2.24) is 0 Å². The molecule has 3 aromatic carbocycles. The maximum Gasteiger partial charge on any atom is 0.514 e. The van der Waals surface area contributed by atoms with Crippen LogP contribution in [-0.2, 0) is 23.2 Å². The van der Waals surface area contributed by atoms with Crippen molar-refractivity contribution in [3.05, 3.63) is 78.9 Å². The van der Waals surface area contributed by atoms with E-state index in [9.17, 15) is 18.0 Å². The lowest BCUT2D eigenvalue weighted by atomic mass is 10.2. The van der Waals surface area contributed by atoms with E-state index in [2.05, 4.69) is 0 Å². The van der Waals surface area contributed by atoms with E-state index >= 15 is 0 Å². The average Bonchev–Trinajstić information content (AvgIpc) is 2.89. The Labute approximate surface area is 256 Å². The molecule has 0 aliphatic carbocycles. The molecule has 234 valence electrons. The normalized spacial score (nSPS) is 12.7. The molecule has 0 aromatic heterocycles. The molecule has 0 N–H and O–H groups in total. The summed E-state index contributed by atoms with van der Waals surface area (Å²) in [5.74, 6) is 0.0679. The van der Waals surface area contributed by atoms with Crippen molar-refractivity contribution in [1.29, 1.82) is 0 Å². The smallest absolute Gasteiger partial charge is 0.428 e. The van der Waals surface area contributed by atoms with E-state index in [0.29, 0.717) is 27.5 Å².